The minimum absolute atomic E-state index is 0.105. The average molecular weight is 365 g/mol. The molecule has 0 bridgehead atoms. The quantitative estimate of drug-likeness (QED) is 0.886. The van der Waals surface area contributed by atoms with Crippen LogP contribution < -0.4 is 5.32 Å². The third kappa shape index (κ3) is 4.38. The van der Waals surface area contributed by atoms with Gasteiger partial charge in [0.1, 0.15) is 5.82 Å². The molecule has 134 valence electrons. The smallest absolute Gasteiger partial charge is 0.253 e. The first-order chi connectivity index (χ1) is 12.1. The summed E-state index contributed by atoms with van der Waals surface area (Å²) in [6, 6.07) is 5.79. The second-order valence-electron chi connectivity index (χ2n) is 6.29. The SMILES string of the molecule is CCCN1CCCn2nc(CNC(=O)c3ccc(F)cc3Cl)cc2C1. The Morgan fingerprint density at radius 3 is 2.96 bits per heavy atom. The molecule has 0 saturated carbocycles. The van der Waals surface area contributed by atoms with Crippen molar-refractivity contribution in [2.24, 2.45) is 0 Å². The first-order valence-electron chi connectivity index (χ1n) is 8.58. The van der Waals surface area contributed by atoms with Gasteiger partial charge in [-0.1, -0.05) is 18.5 Å². The van der Waals surface area contributed by atoms with Crippen LogP contribution in [0, 0.1) is 5.82 Å². The number of carbonyl (C=O) groups excluding carboxylic acids is 1. The molecule has 0 spiro atoms. The van der Waals surface area contributed by atoms with Crippen molar-refractivity contribution in [1.82, 2.24) is 20.0 Å². The highest BCUT2D eigenvalue weighted by Gasteiger charge is 2.17. The van der Waals surface area contributed by atoms with E-state index in [1.807, 2.05) is 10.7 Å². The fourth-order valence-electron chi connectivity index (χ4n) is 3.12. The summed E-state index contributed by atoms with van der Waals surface area (Å²) in [5.74, 6) is -0.795. The standard InChI is InChI=1S/C18H22ClFN4O/c1-2-6-23-7-3-8-24-15(12-23)10-14(22-24)11-21-18(25)16-5-4-13(20)9-17(16)19/h4-5,9-10H,2-3,6-8,11-12H2,1H3,(H,21,25). The summed E-state index contributed by atoms with van der Waals surface area (Å²) < 4.78 is 15.1. The number of benzene rings is 1. The van der Waals surface area contributed by atoms with Gasteiger partial charge >= 0.3 is 0 Å². The van der Waals surface area contributed by atoms with Gasteiger partial charge in [0.15, 0.2) is 0 Å². The van der Waals surface area contributed by atoms with Gasteiger partial charge in [-0.15, -0.1) is 0 Å². The maximum absolute atomic E-state index is 13.1. The summed E-state index contributed by atoms with van der Waals surface area (Å²) in [7, 11) is 0. The van der Waals surface area contributed by atoms with Crippen molar-refractivity contribution >= 4 is 17.5 Å². The van der Waals surface area contributed by atoms with Crippen LogP contribution in [0.5, 0.6) is 0 Å². The lowest BCUT2D eigenvalue weighted by Gasteiger charge is -2.17. The van der Waals surface area contributed by atoms with Crippen molar-refractivity contribution in [3.05, 3.63) is 52.1 Å². The molecular formula is C18H22ClFN4O. The van der Waals surface area contributed by atoms with Crippen LogP contribution in [0.15, 0.2) is 24.3 Å². The van der Waals surface area contributed by atoms with E-state index in [4.69, 9.17) is 11.6 Å². The molecule has 0 aliphatic carbocycles. The molecule has 1 aromatic heterocycles. The minimum Gasteiger partial charge on any atom is -0.346 e. The number of nitrogens with zero attached hydrogens (tertiary/aromatic N) is 3. The predicted octanol–water partition coefficient (Wildman–Crippen LogP) is 3.22. The number of hydrogen-bond acceptors (Lipinski definition) is 3. The van der Waals surface area contributed by atoms with Crippen LogP contribution in [0.4, 0.5) is 4.39 Å². The fraction of sp³-hybridized carbons (Fsp3) is 0.444. The van der Waals surface area contributed by atoms with Gasteiger partial charge < -0.3 is 5.32 Å². The number of aryl methyl sites for hydroxylation is 1. The summed E-state index contributed by atoms with van der Waals surface area (Å²) in [6.45, 7) is 6.46. The third-order valence-corrected chi connectivity index (χ3v) is 4.60. The molecule has 1 amide bonds. The van der Waals surface area contributed by atoms with E-state index in [2.05, 4.69) is 22.2 Å². The number of aromatic nitrogens is 2. The van der Waals surface area contributed by atoms with E-state index in [0.717, 1.165) is 50.8 Å². The van der Waals surface area contributed by atoms with Crippen LogP contribution in [0.25, 0.3) is 0 Å². The monoisotopic (exact) mass is 364 g/mol. The van der Waals surface area contributed by atoms with Crippen LogP contribution >= 0.6 is 11.6 Å². The van der Waals surface area contributed by atoms with Gasteiger partial charge in [0.05, 0.1) is 28.5 Å². The van der Waals surface area contributed by atoms with E-state index in [-0.39, 0.29) is 16.5 Å². The second kappa shape index (κ2) is 7.97. The number of halogens is 2. The Morgan fingerprint density at radius 1 is 1.36 bits per heavy atom. The molecule has 1 aromatic carbocycles. The fourth-order valence-corrected chi connectivity index (χ4v) is 3.37. The van der Waals surface area contributed by atoms with Crippen LogP contribution in [0.2, 0.25) is 5.02 Å². The van der Waals surface area contributed by atoms with Crippen LogP contribution in [-0.4, -0.2) is 33.7 Å². The van der Waals surface area contributed by atoms with E-state index >= 15 is 0 Å². The van der Waals surface area contributed by atoms with Gasteiger partial charge in [0.25, 0.3) is 5.91 Å². The molecule has 0 saturated heterocycles. The number of hydrogen-bond donors (Lipinski definition) is 1. The first-order valence-corrected chi connectivity index (χ1v) is 8.96. The molecule has 2 heterocycles. The van der Waals surface area contributed by atoms with E-state index in [0.29, 0.717) is 6.54 Å². The van der Waals surface area contributed by atoms with Crippen molar-refractivity contribution in [2.75, 3.05) is 13.1 Å². The Kier molecular flexibility index (Phi) is 5.71. The molecule has 1 aliphatic heterocycles. The number of rotatable bonds is 5. The van der Waals surface area contributed by atoms with Gasteiger partial charge in [-0.05, 0) is 43.7 Å². The largest absolute Gasteiger partial charge is 0.346 e. The first kappa shape index (κ1) is 17.9. The number of amides is 1. The predicted molar refractivity (Wildman–Crippen MR) is 95.0 cm³/mol. The molecule has 0 radical (unpaired) electrons. The Labute approximate surface area is 151 Å². The Hall–Kier alpha value is -1.92. The Bertz CT molecular complexity index is 762. The zero-order chi connectivity index (χ0) is 17.8. The zero-order valence-electron chi connectivity index (χ0n) is 14.3. The molecule has 2 aromatic rings. The molecule has 5 nitrogen and oxygen atoms in total. The number of carbonyl (C=O) groups is 1. The maximum Gasteiger partial charge on any atom is 0.253 e. The molecule has 1 aliphatic rings. The molecule has 25 heavy (non-hydrogen) atoms. The highest BCUT2D eigenvalue weighted by molar-refractivity contribution is 6.33. The summed E-state index contributed by atoms with van der Waals surface area (Å²) in [6.07, 6.45) is 2.21. The zero-order valence-corrected chi connectivity index (χ0v) is 15.0. The summed E-state index contributed by atoms with van der Waals surface area (Å²) in [5, 5.41) is 7.50. The molecular weight excluding hydrogens is 343 g/mol. The van der Waals surface area contributed by atoms with E-state index in [9.17, 15) is 9.18 Å². The van der Waals surface area contributed by atoms with Gasteiger partial charge in [-0.2, -0.15) is 5.10 Å². The molecule has 7 heteroatoms. The van der Waals surface area contributed by atoms with Gasteiger partial charge in [0, 0.05) is 19.6 Å². The lowest BCUT2D eigenvalue weighted by Crippen LogP contribution is -2.24. The molecule has 3 rings (SSSR count). The van der Waals surface area contributed by atoms with Crippen molar-refractivity contribution < 1.29 is 9.18 Å². The minimum atomic E-state index is -0.462. The second-order valence-corrected chi connectivity index (χ2v) is 6.69. The summed E-state index contributed by atoms with van der Waals surface area (Å²) in [5.41, 5.74) is 2.26. The average Bonchev–Trinajstić information content (AvgIpc) is 2.85. The van der Waals surface area contributed by atoms with E-state index < -0.39 is 5.82 Å². The molecule has 0 unspecified atom stereocenters. The number of nitrogens with one attached hydrogen (secondary N) is 1. The van der Waals surface area contributed by atoms with Crippen LogP contribution in [0.3, 0.4) is 0 Å². The number of fused-ring (bicyclic) bond motifs is 1. The molecule has 0 atom stereocenters. The Balaban J connectivity index is 1.64. The van der Waals surface area contributed by atoms with Crippen LogP contribution in [0.1, 0.15) is 41.5 Å². The topological polar surface area (TPSA) is 50.2 Å². The van der Waals surface area contributed by atoms with E-state index in [1.54, 1.807) is 0 Å². The molecule has 0 fully saturated rings. The lowest BCUT2D eigenvalue weighted by molar-refractivity contribution is 0.0950. The Morgan fingerprint density at radius 2 is 2.20 bits per heavy atom. The maximum atomic E-state index is 13.1. The van der Waals surface area contributed by atoms with Gasteiger partial charge in [-0.3, -0.25) is 14.4 Å². The van der Waals surface area contributed by atoms with Crippen molar-refractivity contribution in [1.29, 1.82) is 0 Å². The van der Waals surface area contributed by atoms with Crippen LogP contribution in [-0.2, 0) is 19.6 Å². The van der Waals surface area contributed by atoms with Crippen molar-refractivity contribution in [3.8, 4) is 0 Å². The highest BCUT2D eigenvalue weighted by Crippen LogP contribution is 2.18. The van der Waals surface area contributed by atoms with Crippen molar-refractivity contribution in [3.63, 3.8) is 0 Å². The van der Waals surface area contributed by atoms with Gasteiger partial charge in [0.2, 0.25) is 0 Å². The third-order valence-electron chi connectivity index (χ3n) is 4.29. The van der Waals surface area contributed by atoms with E-state index in [1.165, 1.54) is 17.8 Å². The lowest BCUT2D eigenvalue weighted by atomic mass is 10.2. The normalized spacial score (nSPS) is 14.8. The summed E-state index contributed by atoms with van der Waals surface area (Å²) in [4.78, 5) is 14.7. The summed E-state index contributed by atoms with van der Waals surface area (Å²) >= 11 is 5.93. The van der Waals surface area contributed by atoms with Gasteiger partial charge in [-0.25, -0.2) is 4.39 Å². The highest BCUT2D eigenvalue weighted by atomic mass is 35.5. The van der Waals surface area contributed by atoms with Crippen molar-refractivity contribution in [2.45, 2.75) is 39.4 Å². The molecule has 1 N–H and O–H groups in total.